The van der Waals surface area contributed by atoms with Gasteiger partial charge in [-0.15, -0.1) is 0 Å². The van der Waals surface area contributed by atoms with E-state index in [1.54, 1.807) is 4.90 Å². The van der Waals surface area contributed by atoms with E-state index < -0.39 is 30.8 Å². The van der Waals surface area contributed by atoms with Crippen molar-refractivity contribution in [3.63, 3.8) is 0 Å². The van der Waals surface area contributed by atoms with Crippen LogP contribution in [0, 0.1) is 5.82 Å². The number of hydrogen-bond acceptors (Lipinski definition) is 4. The number of carbonyl (C=O) groups excluding carboxylic acids is 3. The van der Waals surface area contributed by atoms with Crippen LogP contribution < -0.4 is 5.32 Å². The second-order valence-corrected chi connectivity index (χ2v) is 5.75. The van der Waals surface area contributed by atoms with Gasteiger partial charge < -0.3 is 15.0 Å². The Labute approximate surface area is 156 Å². The van der Waals surface area contributed by atoms with E-state index in [4.69, 9.17) is 4.74 Å². The molecule has 0 radical (unpaired) electrons. The monoisotopic (exact) mass is 372 g/mol. The Balaban J connectivity index is 1.76. The molecule has 2 rings (SSSR count). The van der Waals surface area contributed by atoms with Gasteiger partial charge in [-0.2, -0.15) is 0 Å². The molecule has 142 valence electrons. The lowest BCUT2D eigenvalue weighted by Crippen LogP contribution is -2.36. The number of halogens is 1. The van der Waals surface area contributed by atoms with Crippen LogP contribution >= 0.6 is 0 Å². The Kier molecular flexibility index (Phi) is 7.49. The van der Waals surface area contributed by atoms with Gasteiger partial charge in [0.2, 0.25) is 0 Å². The van der Waals surface area contributed by atoms with E-state index in [0.29, 0.717) is 13.1 Å². The van der Waals surface area contributed by atoms with Crippen molar-refractivity contribution < 1.29 is 23.5 Å². The lowest BCUT2D eigenvalue weighted by molar-refractivity contribution is -0.151. The third-order valence-corrected chi connectivity index (χ3v) is 3.79. The van der Waals surface area contributed by atoms with Gasteiger partial charge >= 0.3 is 5.97 Å². The molecule has 1 N–H and O–H groups in total. The van der Waals surface area contributed by atoms with Crippen molar-refractivity contribution in [1.29, 1.82) is 0 Å². The van der Waals surface area contributed by atoms with E-state index in [-0.39, 0.29) is 11.5 Å². The van der Waals surface area contributed by atoms with Gasteiger partial charge in [-0.3, -0.25) is 14.4 Å². The molecule has 0 aliphatic rings. The molecule has 0 saturated heterocycles. The Morgan fingerprint density at radius 3 is 2.48 bits per heavy atom. The molecule has 2 amide bonds. The number of carbonyl (C=O) groups is 3. The summed E-state index contributed by atoms with van der Waals surface area (Å²) in [4.78, 5) is 37.3. The lowest BCUT2D eigenvalue weighted by atomic mass is 10.2. The van der Waals surface area contributed by atoms with Crippen molar-refractivity contribution in [1.82, 2.24) is 10.2 Å². The maximum absolute atomic E-state index is 13.1. The molecule has 0 spiro atoms. The highest BCUT2D eigenvalue weighted by Gasteiger charge is 2.15. The summed E-state index contributed by atoms with van der Waals surface area (Å²) in [5.74, 6) is -2.22. The molecule has 0 aromatic heterocycles. The number of hydrogen-bond donors (Lipinski definition) is 1. The van der Waals surface area contributed by atoms with E-state index in [1.807, 2.05) is 37.3 Å². The van der Waals surface area contributed by atoms with Crippen LogP contribution in [0.4, 0.5) is 4.39 Å². The van der Waals surface area contributed by atoms with E-state index in [2.05, 4.69) is 5.32 Å². The van der Waals surface area contributed by atoms with Crippen LogP contribution in [0.25, 0.3) is 0 Å². The molecule has 0 atom stereocenters. The van der Waals surface area contributed by atoms with Crippen molar-refractivity contribution in [3.05, 3.63) is 71.5 Å². The summed E-state index contributed by atoms with van der Waals surface area (Å²) in [6.45, 7) is 1.91. The molecular weight excluding hydrogens is 351 g/mol. The first-order valence-electron chi connectivity index (χ1n) is 8.50. The molecule has 0 unspecified atom stereocenters. The zero-order valence-corrected chi connectivity index (χ0v) is 15.0. The predicted octanol–water partition coefficient (Wildman–Crippen LogP) is 2.15. The molecule has 6 nitrogen and oxygen atoms in total. The first-order chi connectivity index (χ1) is 13.0. The highest BCUT2D eigenvalue weighted by molar-refractivity contribution is 5.96. The molecule has 0 saturated carbocycles. The summed E-state index contributed by atoms with van der Waals surface area (Å²) in [7, 11) is 0. The predicted molar refractivity (Wildman–Crippen MR) is 97.2 cm³/mol. The van der Waals surface area contributed by atoms with Gasteiger partial charge in [-0.05, 0) is 30.7 Å². The van der Waals surface area contributed by atoms with Crippen LogP contribution in [0.2, 0.25) is 0 Å². The zero-order chi connectivity index (χ0) is 19.6. The number of esters is 1. The molecule has 0 aliphatic heterocycles. The Hall–Kier alpha value is -3.22. The number of amides is 2. The van der Waals surface area contributed by atoms with Gasteiger partial charge in [0.15, 0.2) is 6.61 Å². The second kappa shape index (κ2) is 10.1. The number of benzene rings is 2. The second-order valence-electron chi connectivity index (χ2n) is 5.75. The molecule has 0 aliphatic carbocycles. The van der Waals surface area contributed by atoms with Gasteiger partial charge in [0.1, 0.15) is 12.4 Å². The van der Waals surface area contributed by atoms with Crippen molar-refractivity contribution >= 4 is 17.8 Å². The fourth-order valence-corrected chi connectivity index (χ4v) is 2.35. The molecule has 7 heteroatoms. The standard InChI is InChI=1S/C20H21FN2O4/c1-2-23(13-15-7-4-3-5-8-15)18(24)14-27-19(25)12-22-20(26)16-9-6-10-17(21)11-16/h3-11H,2,12-14H2,1H3,(H,22,26). The third kappa shape index (κ3) is 6.54. The van der Waals surface area contributed by atoms with E-state index >= 15 is 0 Å². The Morgan fingerprint density at radius 1 is 1.07 bits per heavy atom. The summed E-state index contributed by atoms with van der Waals surface area (Å²) in [6.07, 6.45) is 0. The molecule has 0 bridgehead atoms. The van der Waals surface area contributed by atoms with E-state index in [0.717, 1.165) is 11.6 Å². The average molecular weight is 372 g/mol. The number of rotatable bonds is 8. The zero-order valence-electron chi connectivity index (χ0n) is 15.0. The van der Waals surface area contributed by atoms with Crippen LogP contribution in [0.3, 0.4) is 0 Å². The molecule has 0 heterocycles. The minimum atomic E-state index is -0.746. The highest BCUT2D eigenvalue weighted by Crippen LogP contribution is 2.05. The van der Waals surface area contributed by atoms with E-state index in [1.165, 1.54) is 18.2 Å². The topological polar surface area (TPSA) is 75.7 Å². The molecular formula is C20H21FN2O4. The first-order valence-corrected chi connectivity index (χ1v) is 8.50. The summed E-state index contributed by atoms with van der Waals surface area (Å²) in [5, 5.41) is 2.33. The van der Waals surface area contributed by atoms with Crippen LogP contribution in [0.1, 0.15) is 22.8 Å². The van der Waals surface area contributed by atoms with Gasteiger partial charge in [-0.1, -0.05) is 36.4 Å². The van der Waals surface area contributed by atoms with Crippen LogP contribution in [-0.4, -0.2) is 42.4 Å². The van der Waals surface area contributed by atoms with Gasteiger partial charge in [0, 0.05) is 18.7 Å². The van der Waals surface area contributed by atoms with Crippen LogP contribution in [-0.2, 0) is 20.9 Å². The minimum absolute atomic E-state index is 0.0962. The van der Waals surface area contributed by atoms with Crippen molar-refractivity contribution in [2.75, 3.05) is 19.7 Å². The first kappa shape index (κ1) is 20.1. The van der Waals surface area contributed by atoms with Gasteiger partial charge in [-0.25, -0.2) is 4.39 Å². The quantitative estimate of drug-likeness (QED) is 0.721. The maximum atomic E-state index is 13.1. The van der Waals surface area contributed by atoms with Crippen LogP contribution in [0.5, 0.6) is 0 Å². The lowest BCUT2D eigenvalue weighted by Gasteiger charge is -2.20. The van der Waals surface area contributed by atoms with Gasteiger partial charge in [0.05, 0.1) is 0 Å². The Bertz CT molecular complexity index is 796. The molecule has 2 aromatic rings. The minimum Gasteiger partial charge on any atom is -0.454 e. The number of nitrogens with zero attached hydrogens (tertiary/aromatic N) is 1. The van der Waals surface area contributed by atoms with Crippen molar-refractivity contribution in [2.24, 2.45) is 0 Å². The SMILES string of the molecule is CCN(Cc1ccccc1)C(=O)COC(=O)CNC(=O)c1cccc(F)c1. The normalized spacial score (nSPS) is 10.1. The third-order valence-electron chi connectivity index (χ3n) is 3.79. The van der Waals surface area contributed by atoms with Crippen molar-refractivity contribution in [3.8, 4) is 0 Å². The fraction of sp³-hybridized carbons (Fsp3) is 0.250. The fourth-order valence-electron chi connectivity index (χ4n) is 2.35. The smallest absolute Gasteiger partial charge is 0.325 e. The summed E-state index contributed by atoms with van der Waals surface area (Å²) in [6, 6.07) is 14.6. The largest absolute Gasteiger partial charge is 0.454 e. The van der Waals surface area contributed by atoms with Gasteiger partial charge in [0.25, 0.3) is 11.8 Å². The highest BCUT2D eigenvalue weighted by atomic mass is 19.1. The van der Waals surface area contributed by atoms with Crippen LogP contribution in [0.15, 0.2) is 54.6 Å². The summed E-state index contributed by atoms with van der Waals surface area (Å²) >= 11 is 0. The summed E-state index contributed by atoms with van der Waals surface area (Å²) in [5.41, 5.74) is 1.07. The van der Waals surface area contributed by atoms with E-state index in [9.17, 15) is 18.8 Å². The Morgan fingerprint density at radius 2 is 1.81 bits per heavy atom. The average Bonchev–Trinajstić information content (AvgIpc) is 2.69. The number of ether oxygens (including phenoxy) is 1. The maximum Gasteiger partial charge on any atom is 0.325 e. The number of nitrogens with one attached hydrogen (secondary N) is 1. The molecule has 0 fully saturated rings. The molecule has 2 aromatic carbocycles. The molecule has 27 heavy (non-hydrogen) atoms. The van der Waals surface area contributed by atoms with Crippen molar-refractivity contribution in [2.45, 2.75) is 13.5 Å². The summed E-state index contributed by atoms with van der Waals surface area (Å²) < 4.78 is 18.0. The number of likely N-dealkylation sites (N-methyl/N-ethyl adjacent to an activating group) is 1.